The van der Waals surface area contributed by atoms with Gasteiger partial charge in [0.1, 0.15) is 0 Å². The van der Waals surface area contributed by atoms with E-state index in [2.05, 4.69) is 27.1 Å². The van der Waals surface area contributed by atoms with Crippen molar-refractivity contribution in [1.82, 2.24) is 14.9 Å². The fourth-order valence-electron chi connectivity index (χ4n) is 3.67. The molecule has 5 heteroatoms. The third-order valence-electron chi connectivity index (χ3n) is 4.98. The summed E-state index contributed by atoms with van der Waals surface area (Å²) in [6, 6.07) is 2.95. The predicted octanol–water partition coefficient (Wildman–Crippen LogP) is 2.63. The molecule has 3 aliphatic rings. The lowest BCUT2D eigenvalue weighted by Gasteiger charge is -2.49. The Morgan fingerprint density at radius 1 is 1.19 bits per heavy atom. The van der Waals surface area contributed by atoms with Crippen molar-refractivity contribution in [3.05, 3.63) is 31.0 Å². The molecule has 2 bridgehead atoms. The molecule has 0 saturated carbocycles. The summed E-state index contributed by atoms with van der Waals surface area (Å²) >= 11 is 0. The molecule has 5 heterocycles. The number of hydrogen-bond acceptors (Lipinski definition) is 5. The zero-order valence-electron chi connectivity index (χ0n) is 12.2. The molecule has 5 rings (SSSR count). The minimum absolute atomic E-state index is 0.465. The van der Waals surface area contributed by atoms with Crippen molar-refractivity contribution >= 4 is 5.95 Å². The van der Waals surface area contributed by atoms with E-state index >= 15 is 0 Å². The molecule has 2 aromatic rings. The third kappa shape index (κ3) is 2.31. The molecular weight excluding hydrogens is 264 g/mol. The zero-order valence-corrected chi connectivity index (χ0v) is 12.2. The van der Waals surface area contributed by atoms with Gasteiger partial charge in [0.25, 0.3) is 0 Å². The van der Waals surface area contributed by atoms with E-state index < -0.39 is 0 Å². The SMILES string of the molecule is CC1C(Nc2ncc(-c3ccoc3)cn2)C2CCN1CC2. The second-order valence-electron chi connectivity index (χ2n) is 6.09. The summed E-state index contributed by atoms with van der Waals surface area (Å²) in [6.45, 7) is 4.79. The average molecular weight is 284 g/mol. The number of anilines is 1. The Hall–Kier alpha value is -1.88. The molecule has 0 radical (unpaired) electrons. The first-order valence-corrected chi connectivity index (χ1v) is 7.66. The van der Waals surface area contributed by atoms with Gasteiger partial charge >= 0.3 is 0 Å². The molecule has 21 heavy (non-hydrogen) atoms. The summed E-state index contributed by atoms with van der Waals surface area (Å²) < 4.78 is 5.09. The summed E-state index contributed by atoms with van der Waals surface area (Å²) in [4.78, 5) is 11.5. The molecule has 0 aliphatic carbocycles. The topological polar surface area (TPSA) is 54.2 Å². The first-order chi connectivity index (χ1) is 10.3. The lowest BCUT2D eigenvalue weighted by atomic mass is 9.79. The summed E-state index contributed by atoms with van der Waals surface area (Å²) in [7, 11) is 0. The standard InChI is InChI=1S/C16H20N4O/c1-11-15(12-2-5-20(11)6-3-12)19-16-17-8-14(9-18-16)13-4-7-21-10-13/h4,7-12,15H,2-3,5-6H2,1H3,(H,17,18,19). The van der Waals surface area contributed by atoms with Gasteiger partial charge in [-0.1, -0.05) is 0 Å². The Labute approximate surface area is 124 Å². The molecule has 3 fully saturated rings. The van der Waals surface area contributed by atoms with Crippen LogP contribution < -0.4 is 5.32 Å². The number of hydrogen-bond donors (Lipinski definition) is 1. The van der Waals surface area contributed by atoms with Gasteiger partial charge in [-0.05, 0) is 44.8 Å². The molecule has 0 aromatic carbocycles. The first-order valence-electron chi connectivity index (χ1n) is 7.66. The van der Waals surface area contributed by atoms with E-state index in [1.807, 2.05) is 18.5 Å². The summed E-state index contributed by atoms with van der Waals surface area (Å²) in [5.74, 6) is 1.48. The number of fused-ring (bicyclic) bond motifs is 3. The van der Waals surface area contributed by atoms with Gasteiger partial charge < -0.3 is 9.73 Å². The Kier molecular flexibility index (Phi) is 3.15. The average Bonchev–Trinajstić information content (AvgIpc) is 3.06. The molecule has 0 amide bonds. The van der Waals surface area contributed by atoms with Crippen LogP contribution >= 0.6 is 0 Å². The summed E-state index contributed by atoms with van der Waals surface area (Å²) in [6.07, 6.45) is 9.65. The van der Waals surface area contributed by atoms with Gasteiger partial charge in [-0.25, -0.2) is 9.97 Å². The van der Waals surface area contributed by atoms with E-state index in [1.54, 1.807) is 12.5 Å². The van der Waals surface area contributed by atoms with Gasteiger partial charge in [-0.15, -0.1) is 0 Å². The highest BCUT2D eigenvalue weighted by Gasteiger charge is 2.39. The van der Waals surface area contributed by atoms with Gasteiger partial charge in [-0.3, -0.25) is 4.90 Å². The molecule has 1 N–H and O–H groups in total. The van der Waals surface area contributed by atoms with Crippen LogP contribution in [0.15, 0.2) is 35.4 Å². The van der Waals surface area contributed by atoms with Crippen LogP contribution in [0, 0.1) is 5.92 Å². The molecule has 3 aliphatic heterocycles. The third-order valence-corrected chi connectivity index (χ3v) is 4.98. The fraction of sp³-hybridized carbons (Fsp3) is 0.500. The normalized spacial score (nSPS) is 31.3. The maximum absolute atomic E-state index is 5.09. The lowest BCUT2D eigenvalue weighted by Crippen LogP contribution is -2.59. The van der Waals surface area contributed by atoms with Crippen LogP contribution in [0.5, 0.6) is 0 Å². The smallest absolute Gasteiger partial charge is 0.222 e. The number of nitrogens with one attached hydrogen (secondary N) is 1. The highest BCUT2D eigenvalue weighted by molar-refractivity contribution is 5.60. The van der Waals surface area contributed by atoms with Crippen molar-refractivity contribution in [2.45, 2.75) is 31.8 Å². The number of rotatable bonds is 3. The quantitative estimate of drug-likeness (QED) is 0.939. The number of furan rings is 1. The first kappa shape index (κ1) is 12.8. The molecule has 3 saturated heterocycles. The van der Waals surface area contributed by atoms with Crippen molar-refractivity contribution in [2.24, 2.45) is 5.92 Å². The van der Waals surface area contributed by atoms with Crippen LogP contribution in [0.1, 0.15) is 19.8 Å². The summed E-state index contributed by atoms with van der Waals surface area (Å²) in [5.41, 5.74) is 1.99. The zero-order chi connectivity index (χ0) is 14.2. The Morgan fingerprint density at radius 3 is 2.57 bits per heavy atom. The van der Waals surface area contributed by atoms with Crippen LogP contribution in [0.2, 0.25) is 0 Å². The number of aromatic nitrogens is 2. The summed E-state index contributed by atoms with van der Waals surface area (Å²) in [5, 5.41) is 3.55. The van der Waals surface area contributed by atoms with E-state index in [1.165, 1.54) is 25.9 Å². The van der Waals surface area contributed by atoms with Gasteiger partial charge in [0.2, 0.25) is 5.95 Å². The molecule has 2 atom stereocenters. The van der Waals surface area contributed by atoms with Gasteiger partial charge in [0, 0.05) is 35.6 Å². The lowest BCUT2D eigenvalue weighted by molar-refractivity contribution is 0.0455. The van der Waals surface area contributed by atoms with Gasteiger partial charge in [0.15, 0.2) is 0 Å². The van der Waals surface area contributed by atoms with Crippen LogP contribution in [0.4, 0.5) is 5.95 Å². The molecule has 0 spiro atoms. The van der Waals surface area contributed by atoms with Crippen molar-refractivity contribution in [2.75, 3.05) is 18.4 Å². The van der Waals surface area contributed by atoms with Crippen LogP contribution in [-0.4, -0.2) is 40.0 Å². The second kappa shape index (κ2) is 5.15. The van der Waals surface area contributed by atoms with Crippen molar-refractivity contribution < 1.29 is 4.42 Å². The highest BCUT2D eigenvalue weighted by Crippen LogP contribution is 2.33. The molecule has 2 unspecified atom stereocenters. The van der Waals surface area contributed by atoms with Crippen molar-refractivity contribution in [3.63, 3.8) is 0 Å². The van der Waals surface area contributed by atoms with E-state index in [9.17, 15) is 0 Å². The molecular formula is C16H20N4O. The largest absolute Gasteiger partial charge is 0.472 e. The maximum atomic E-state index is 5.09. The van der Waals surface area contributed by atoms with Gasteiger partial charge in [-0.2, -0.15) is 0 Å². The van der Waals surface area contributed by atoms with E-state index in [0.717, 1.165) is 23.0 Å². The van der Waals surface area contributed by atoms with E-state index in [0.29, 0.717) is 12.1 Å². The maximum Gasteiger partial charge on any atom is 0.222 e. The predicted molar refractivity (Wildman–Crippen MR) is 80.9 cm³/mol. The molecule has 110 valence electrons. The van der Waals surface area contributed by atoms with Crippen LogP contribution in [0.3, 0.4) is 0 Å². The van der Waals surface area contributed by atoms with E-state index in [4.69, 9.17) is 4.42 Å². The number of piperidine rings is 3. The van der Waals surface area contributed by atoms with Crippen LogP contribution in [-0.2, 0) is 0 Å². The fourth-order valence-corrected chi connectivity index (χ4v) is 3.67. The second-order valence-corrected chi connectivity index (χ2v) is 6.09. The Balaban J connectivity index is 1.50. The van der Waals surface area contributed by atoms with Crippen molar-refractivity contribution in [1.29, 1.82) is 0 Å². The minimum Gasteiger partial charge on any atom is -0.472 e. The minimum atomic E-state index is 0.465. The molecule has 2 aromatic heterocycles. The van der Waals surface area contributed by atoms with Gasteiger partial charge in [0.05, 0.1) is 12.5 Å². The van der Waals surface area contributed by atoms with Crippen molar-refractivity contribution in [3.8, 4) is 11.1 Å². The number of nitrogens with zero attached hydrogens (tertiary/aromatic N) is 3. The van der Waals surface area contributed by atoms with Crippen LogP contribution in [0.25, 0.3) is 11.1 Å². The highest BCUT2D eigenvalue weighted by atomic mass is 16.3. The molecule has 5 nitrogen and oxygen atoms in total. The Bertz CT molecular complexity index is 585. The Morgan fingerprint density at radius 2 is 1.95 bits per heavy atom. The van der Waals surface area contributed by atoms with E-state index in [-0.39, 0.29) is 0 Å². The monoisotopic (exact) mass is 284 g/mol.